The number of aryl methyl sites for hydroxylation is 2. The molecular formula is C21H23FN4O. The lowest BCUT2D eigenvalue weighted by atomic mass is 10.1. The highest BCUT2D eigenvalue weighted by Gasteiger charge is 2.17. The molecule has 0 radical (unpaired) electrons. The molecule has 1 amide bonds. The molecule has 27 heavy (non-hydrogen) atoms. The molecule has 1 aromatic heterocycles. The predicted octanol–water partition coefficient (Wildman–Crippen LogP) is 3.64. The second-order valence-electron chi connectivity index (χ2n) is 6.72. The third-order valence-corrected chi connectivity index (χ3v) is 4.77. The molecule has 0 bridgehead atoms. The molecular weight excluding hydrogens is 343 g/mol. The third kappa shape index (κ3) is 4.05. The molecule has 0 spiro atoms. The van der Waals surface area contributed by atoms with E-state index >= 15 is 0 Å². The maximum Gasteiger partial charge on any atom is 0.253 e. The zero-order valence-corrected chi connectivity index (χ0v) is 16.0. The van der Waals surface area contributed by atoms with Crippen molar-refractivity contribution in [2.45, 2.75) is 26.8 Å². The number of likely N-dealkylation sites (N-methyl/N-ethyl adjacent to an activating group) is 1. The van der Waals surface area contributed by atoms with E-state index in [0.717, 1.165) is 17.1 Å². The average Bonchev–Trinajstić information content (AvgIpc) is 2.66. The van der Waals surface area contributed by atoms with Crippen LogP contribution in [-0.4, -0.2) is 35.5 Å². The first kappa shape index (κ1) is 18.8. The van der Waals surface area contributed by atoms with E-state index in [9.17, 15) is 9.18 Å². The zero-order valence-electron chi connectivity index (χ0n) is 16.0. The van der Waals surface area contributed by atoms with Gasteiger partial charge >= 0.3 is 0 Å². The smallest absolute Gasteiger partial charge is 0.253 e. The van der Waals surface area contributed by atoms with E-state index in [1.807, 2.05) is 58.2 Å². The molecule has 2 aromatic carbocycles. The van der Waals surface area contributed by atoms with E-state index in [-0.39, 0.29) is 17.5 Å². The third-order valence-electron chi connectivity index (χ3n) is 4.77. The minimum absolute atomic E-state index is 0.0613. The number of carbonyl (C=O) groups is 1. The predicted molar refractivity (Wildman–Crippen MR) is 106 cm³/mol. The lowest BCUT2D eigenvalue weighted by molar-refractivity contribution is 0.0952. The van der Waals surface area contributed by atoms with Crippen molar-refractivity contribution >= 4 is 22.6 Å². The van der Waals surface area contributed by atoms with Crippen LogP contribution in [0.1, 0.15) is 28.7 Å². The van der Waals surface area contributed by atoms with E-state index in [0.29, 0.717) is 17.6 Å². The number of anilines is 1. The Morgan fingerprint density at radius 2 is 1.81 bits per heavy atom. The molecule has 6 heteroatoms. The van der Waals surface area contributed by atoms with Crippen molar-refractivity contribution < 1.29 is 9.18 Å². The molecule has 140 valence electrons. The molecule has 0 aliphatic heterocycles. The summed E-state index contributed by atoms with van der Waals surface area (Å²) >= 11 is 0. The Bertz CT molecular complexity index is 975. The molecule has 3 rings (SSSR count). The first-order valence-electron chi connectivity index (χ1n) is 8.87. The monoisotopic (exact) mass is 366 g/mol. The van der Waals surface area contributed by atoms with Gasteiger partial charge in [-0.1, -0.05) is 18.2 Å². The van der Waals surface area contributed by atoms with Gasteiger partial charge in [0.2, 0.25) is 0 Å². The fraction of sp³-hybridized carbons (Fsp3) is 0.286. The Morgan fingerprint density at radius 1 is 1.15 bits per heavy atom. The summed E-state index contributed by atoms with van der Waals surface area (Å²) in [6.45, 7) is 6.07. The van der Waals surface area contributed by atoms with E-state index in [1.165, 1.54) is 12.1 Å². The van der Waals surface area contributed by atoms with E-state index in [1.54, 1.807) is 0 Å². The van der Waals surface area contributed by atoms with Gasteiger partial charge in [0.15, 0.2) is 0 Å². The highest BCUT2D eigenvalue weighted by atomic mass is 19.1. The first-order valence-corrected chi connectivity index (χ1v) is 8.87. The number of halogens is 1. The van der Waals surface area contributed by atoms with Crippen LogP contribution >= 0.6 is 0 Å². The quantitative estimate of drug-likeness (QED) is 0.749. The Kier molecular flexibility index (Phi) is 5.35. The van der Waals surface area contributed by atoms with Crippen molar-refractivity contribution in [2.24, 2.45) is 0 Å². The standard InChI is InChI=1S/C21H23FN4O/c1-13(26(4)17-8-6-5-7-9-17)12-23-21(27)18-10-16(22)11-19-20(18)25-15(3)14(2)24-19/h5-11,13H,12H2,1-4H3,(H,23,27). The van der Waals surface area contributed by atoms with Crippen molar-refractivity contribution in [3.8, 4) is 0 Å². The van der Waals surface area contributed by atoms with Gasteiger partial charge < -0.3 is 10.2 Å². The van der Waals surface area contributed by atoms with Gasteiger partial charge in [-0.2, -0.15) is 0 Å². The summed E-state index contributed by atoms with van der Waals surface area (Å²) in [7, 11) is 1.97. The van der Waals surface area contributed by atoms with Crippen LogP contribution < -0.4 is 10.2 Å². The number of amides is 1. The SMILES string of the molecule is Cc1nc2cc(F)cc(C(=O)NCC(C)N(C)c3ccccc3)c2nc1C. The van der Waals surface area contributed by atoms with E-state index in [2.05, 4.69) is 20.2 Å². The maximum absolute atomic E-state index is 14.0. The van der Waals surface area contributed by atoms with Crippen LogP contribution in [0.5, 0.6) is 0 Å². The zero-order chi connectivity index (χ0) is 19.6. The van der Waals surface area contributed by atoms with Crippen LogP contribution in [0.25, 0.3) is 11.0 Å². The van der Waals surface area contributed by atoms with Crippen molar-refractivity contribution in [1.82, 2.24) is 15.3 Å². The fourth-order valence-corrected chi connectivity index (χ4v) is 2.86. The van der Waals surface area contributed by atoms with Crippen molar-refractivity contribution in [3.05, 3.63) is 65.2 Å². The van der Waals surface area contributed by atoms with Gasteiger partial charge in [0.1, 0.15) is 11.3 Å². The van der Waals surface area contributed by atoms with Crippen LogP contribution in [0.2, 0.25) is 0 Å². The number of carbonyl (C=O) groups excluding carboxylic acids is 1. The summed E-state index contributed by atoms with van der Waals surface area (Å²) in [5, 5.41) is 2.89. The van der Waals surface area contributed by atoms with Gasteiger partial charge in [0.05, 0.1) is 22.5 Å². The molecule has 0 aliphatic carbocycles. The summed E-state index contributed by atoms with van der Waals surface area (Å²) in [5.41, 5.74) is 3.51. The number of hydrogen-bond donors (Lipinski definition) is 1. The second-order valence-corrected chi connectivity index (χ2v) is 6.72. The number of rotatable bonds is 5. The van der Waals surface area contributed by atoms with Gasteiger partial charge in [-0.05, 0) is 39.0 Å². The normalized spacial score (nSPS) is 12.0. The minimum Gasteiger partial charge on any atom is -0.370 e. The number of nitrogens with one attached hydrogen (secondary N) is 1. The molecule has 0 aliphatic rings. The molecule has 1 N–H and O–H groups in total. The van der Waals surface area contributed by atoms with Crippen LogP contribution in [0.15, 0.2) is 42.5 Å². The fourth-order valence-electron chi connectivity index (χ4n) is 2.86. The summed E-state index contributed by atoms with van der Waals surface area (Å²) in [6.07, 6.45) is 0. The van der Waals surface area contributed by atoms with Crippen molar-refractivity contribution in [2.75, 3.05) is 18.5 Å². The molecule has 1 heterocycles. The second kappa shape index (κ2) is 7.70. The maximum atomic E-state index is 14.0. The summed E-state index contributed by atoms with van der Waals surface area (Å²) in [6, 6.07) is 12.5. The first-order chi connectivity index (χ1) is 12.9. The average molecular weight is 366 g/mol. The van der Waals surface area contributed by atoms with Crippen LogP contribution in [0, 0.1) is 19.7 Å². The Labute approximate surface area is 158 Å². The van der Waals surface area contributed by atoms with Gasteiger partial charge in [0.25, 0.3) is 5.91 Å². The van der Waals surface area contributed by atoms with Gasteiger partial charge in [0, 0.05) is 31.4 Å². The molecule has 1 unspecified atom stereocenters. The lowest BCUT2D eigenvalue weighted by Gasteiger charge is -2.27. The number of aromatic nitrogens is 2. The summed E-state index contributed by atoms with van der Waals surface area (Å²) in [5.74, 6) is -0.856. The summed E-state index contributed by atoms with van der Waals surface area (Å²) in [4.78, 5) is 23.6. The number of para-hydroxylation sites is 1. The van der Waals surface area contributed by atoms with Crippen LogP contribution in [0.4, 0.5) is 10.1 Å². The number of hydrogen-bond acceptors (Lipinski definition) is 4. The molecule has 3 aromatic rings. The topological polar surface area (TPSA) is 58.1 Å². The van der Waals surface area contributed by atoms with Gasteiger partial charge in [-0.15, -0.1) is 0 Å². The van der Waals surface area contributed by atoms with Crippen molar-refractivity contribution in [3.63, 3.8) is 0 Å². The number of benzene rings is 2. The summed E-state index contributed by atoms with van der Waals surface area (Å²) < 4.78 is 14.0. The number of fused-ring (bicyclic) bond motifs is 1. The number of nitrogens with zero attached hydrogens (tertiary/aromatic N) is 3. The Balaban J connectivity index is 1.79. The lowest BCUT2D eigenvalue weighted by Crippen LogP contribution is -2.40. The van der Waals surface area contributed by atoms with Crippen LogP contribution in [0.3, 0.4) is 0 Å². The Morgan fingerprint density at radius 3 is 2.52 bits per heavy atom. The minimum atomic E-state index is -0.500. The molecule has 0 fully saturated rings. The molecule has 0 saturated carbocycles. The molecule has 1 atom stereocenters. The molecule has 0 saturated heterocycles. The van der Waals surface area contributed by atoms with Gasteiger partial charge in [-0.3, -0.25) is 4.79 Å². The van der Waals surface area contributed by atoms with Crippen molar-refractivity contribution in [1.29, 1.82) is 0 Å². The molecule has 5 nitrogen and oxygen atoms in total. The van der Waals surface area contributed by atoms with Gasteiger partial charge in [-0.25, -0.2) is 14.4 Å². The highest BCUT2D eigenvalue weighted by Crippen LogP contribution is 2.19. The largest absolute Gasteiger partial charge is 0.370 e. The highest BCUT2D eigenvalue weighted by molar-refractivity contribution is 6.04. The van der Waals surface area contributed by atoms with E-state index in [4.69, 9.17) is 0 Å². The van der Waals surface area contributed by atoms with E-state index < -0.39 is 5.82 Å². The van der Waals surface area contributed by atoms with Crippen LogP contribution in [-0.2, 0) is 0 Å². The Hall–Kier alpha value is -3.02.